The summed E-state index contributed by atoms with van der Waals surface area (Å²) in [7, 11) is 1.50. The maximum absolute atomic E-state index is 13.7. The summed E-state index contributed by atoms with van der Waals surface area (Å²) in [6.07, 6.45) is 0. The number of hydrogen-bond acceptors (Lipinski definition) is 5. The van der Waals surface area contributed by atoms with Gasteiger partial charge in [0.1, 0.15) is 5.82 Å². The Labute approximate surface area is 189 Å². The second-order valence-corrected chi connectivity index (χ2v) is 7.54. The number of nitrogens with zero attached hydrogens (tertiary/aromatic N) is 2. The quantitative estimate of drug-likeness (QED) is 0.455. The zero-order valence-electron chi connectivity index (χ0n) is 18.2. The monoisotopic (exact) mass is 444 g/mol. The minimum Gasteiger partial charge on any atom is -0.383 e. The fourth-order valence-electron chi connectivity index (χ4n) is 3.82. The first-order chi connectivity index (χ1) is 16.0. The highest BCUT2D eigenvalue weighted by Crippen LogP contribution is 2.24. The third kappa shape index (κ3) is 4.42. The van der Waals surface area contributed by atoms with Crippen molar-refractivity contribution in [3.63, 3.8) is 0 Å². The molecule has 0 saturated heterocycles. The van der Waals surface area contributed by atoms with Crippen LogP contribution in [0.4, 0.5) is 11.5 Å². The lowest BCUT2D eigenvalue weighted by molar-refractivity contribution is 0.0977. The molecule has 0 bridgehead atoms. The number of nitrogen functional groups attached to an aromatic ring is 1. The summed E-state index contributed by atoms with van der Waals surface area (Å²) in [5.74, 6) is -0.497. The van der Waals surface area contributed by atoms with Crippen LogP contribution in [0.25, 0.3) is 10.8 Å². The number of carbonyl (C=O) groups is 1. The van der Waals surface area contributed by atoms with Gasteiger partial charge in [-0.25, -0.2) is 4.79 Å². The van der Waals surface area contributed by atoms with Gasteiger partial charge in [0, 0.05) is 19.2 Å². The molecule has 4 rings (SSSR count). The summed E-state index contributed by atoms with van der Waals surface area (Å²) in [6, 6.07) is 22.1. The summed E-state index contributed by atoms with van der Waals surface area (Å²) in [5, 5.41) is 1.64. The third-order valence-electron chi connectivity index (χ3n) is 5.45. The highest BCUT2D eigenvalue weighted by molar-refractivity contribution is 6.14. The van der Waals surface area contributed by atoms with E-state index in [9.17, 15) is 14.4 Å². The number of rotatable bonds is 7. The summed E-state index contributed by atoms with van der Waals surface area (Å²) >= 11 is 0. The van der Waals surface area contributed by atoms with E-state index in [1.54, 1.807) is 12.1 Å². The molecule has 0 atom stereocenters. The molecule has 0 aliphatic carbocycles. The molecule has 1 aromatic heterocycles. The lowest BCUT2D eigenvalue weighted by Gasteiger charge is -2.25. The number of carbonyl (C=O) groups excluding carboxylic acids is 1. The van der Waals surface area contributed by atoms with Crippen LogP contribution in [0.15, 0.2) is 82.4 Å². The molecular weight excluding hydrogens is 420 g/mol. The molecule has 0 aliphatic heterocycles. The summed E-state index contributed by atoms with van der Waals surface area (Å²) in [4.78, 5) is 42.7. The third-order valence-corrected chi connectivity index (χ3v) is 5.45. The van der Waals surface area contributed by atoms with Crippen molar-refractivity contribution >= 4 is 28.2 Å². The summed E-state index contributed by atoms with van der Waals surface area (Å²) in [6.45, 7) is 0.401. The van der Waals surface area contributed by atoms with Crippen LogP contribution in [0.2, 0.25) is 0 Å². The Morgan fingerprint density at radius 3 is 2.45 bits per heavy atom. The number of hydrogen-bond donors (Lipinski definition) is 2. The standard InChI is InChI=1S/C25H24N4O4/c1-33-15-14-28(24(31)20-13-7-11-18-10-5-6-12-19(18)20)21-22(26)29(25(32)27-23(21)30)16-17-8-3-2-4-9-17/h2-13H,14-16,26H2,1H3,(H,27,30,32). The highest BCUT2D eigenvalue weighted by atomic mass is 16.5. The predicted molar refractivity (Wildman–Crippen MR) is 129 cm³/mol. The van der Waals surface area contributed by atoms with E-state index in [1.165, 1.54) is 16.6 Å². The number of aromatic nitrogens is 2. The molecule has 4 aromatic rings. The zero-order valence-corrected chi connectivity index (χ0v) is 18.2. The molecule has 1 amide bonds. The number of benzene rings is 3. The highest BCUT2D eigenvalue weighted by Gasteiger charge is 2.26. The summed E-state index contributed by atoms with van der Waals surface area (Å²) < 4.78 is 6.43. The molecule has 0 unspecified atom stereocenters. The van der Waals surface area contributed by atoms with Crippen molar-refractivity contribution in [3.8, 4) is 0 Å². The Morgan fingerprint density at radius 2 is 1.70 bits per heavy atom. The SMILES string of the molecule is COCCN(C(=O)c1cccc2ccccc12)c1c(N)n(Cc2ccccc2)c(=O)[nH]c1=O. The van der Waals surface area contributed by atoms with Gasteiger partial charge in [-0.1, -0.05) is 66.7 Å². The van der Waals surface area contributed by atoms with Crippen molar-refractivity contribution in [2.45, 2.75) is 6.54 Å². The van der Waals surface area contributed by atoms with Gasteiger partial charge in [-0.15, -0.1) is 0 Å². The van der Waals surface area contributed by atoms with Gasteiger partial charge in [-0.3, -0.25) is 24.0 Å². The Morgan fingerprint density at radius 1 is 1.00 bits per heavy atom. The van der Waals surface area contributed by atoms with Crippen molar-refractivity contribution in [1.29, 1.82) is 0 Å². The molecule has 168 valence electrons. The van der Waals surface area contributed by atoms with Crippen LogP contribution in [0.5, 0.6) is 0 Å². The van der Waals surface area contributed by atoms with E-state index in [0.717, 1.165) is 16.3 Å². The fraction of sp³-hybridized carbons (Fsp3) is 0.160. The van der Waals surface area contributed by atoms with Gasteiger partial charge in [0.15, 0.2) is 5.69 Å². The van der Waals surface area contributed by atoms with Crippen LogP contribution in [-0.4, -0.2) is 35.7 Å². The van der Waals surface area contributed by atoms with Gasteiger partial charge >= 0.3 is 5.69 Å². The Hall–Kier alpha value is -4.17. The molecule has 0 radical (unpaired) electrons. The molecule has 3 N–H and O–H groups in total. The van der Waals surface area contributed by atoms with E-state index in [2.05, 4.69) is 4.98 Å². The second kappa shape index (κ2) is 9.54. The van der Waals surface area contributed by atoms with Crippen LogP contribution in [-0.2, 0) is 11.3 Å². The molecule has 33 heavy (non-hydrogen) atoms. The average molecular weight is 444 g/mol. The smallest absolute Gasteiger partial charge is 0.330 e. The van der Waals surface area contributed by atoms with Crippen LogP contribution in [0.1, 0.15) is 15.9 Å². The Bertz CT molecular complexity index is 1400. The van der Waals surface area contributed by atoms with Crippen molar-refractivity contribution in [2.75, 3.05) is 30.9 Å². The molecule has 0 spiro atoms. The summed E-state index contributed by atoms with van der Waals surface area (Å²) in [5.41, 5.74) is 6.13. The van der Waals surface area contributed by atoms with Gasteiger partial charge in [0.25, 0.3) is 11.5 Å². The van der Waals surface area contributed by atoms with E-state index in [-0.39, 0.29) is 31.2 Å². The lowest BCUT2D eigenvalue weighted by Crippen LogP contribution is -2.42. The van der Waals surface area contributed by atoms with Crippen LogP contribution in [0.3, 0.4) is 0 Å². The van der Waals surface area contributed by atoms with Crippen molar-refractivity contribution < 1.29 is 9.53 Å². The first-order valence-corrected chi connectivity index (χ1v) is 10.5. The van der Waals surface area contributed by atoms with Gasteiger partial charge in [-0.2, -0.15) is 0 Å². The number of H-pyrrole nitrogens is 1. The molecule has 0 saturated carbocycles. The minimum absolute atomic E-state index is 0.0787. The van der Waals surface area contributed by atoms with Gasteiger partial charge in [0.05, 0.1) is 13.2 Å². The zero-order chi connectivity index (χ0) is 23.4. The van der Waals surface area contributed by atoms with Crippen LogP contribution < -0.4 is 21.9 Å². The fourth-order valence-corrected chi connectivity index (χ4v) is 3.82. The number of ether oxygens (including phenoxy) is 1. The van der Waals surface area contributed by atoms with E-state index in [1.807, 2.05) is 60.7 Å². The van der Waals surface area contributed by atoms with E-state index in [0.29, 0.717) is 5.56 Å². The second-order valence-electron chi connectivity index (χ2n) is 7.54. The minimum atomic E-state index is -0.730. The number of fused-ring (bicyclic) bond motifs is 1. The van der Waals surface area contributed by atoms with Crippen molar-refractivity contribution in [3.05, 3.63) is 105 Å². The van der Waals surface area contributed by atoms with Gasteiger partial charge < -0.3 is 10.5 Å². The maximum Gasteiger partial charge on any atom is 0.330 e. The average Bonchev–Trinajstić information content (AvgIpc) is 2.83. The Kier molecular flexibility index (Phi) is 6.37. The number of nitrogens with two attached hydrogens (primary N) is 1. The number of nitrogens with one attached hydrogen (secondary N) is 1. The first-order valence-electron chi connectivity index (χ1n) is 10.5. The maximum atomic E-state index is 13.7. The molecular formula is C25H24N4O4. The normalized spacial score (nSPS) is 10.9. The van der Waals surface area contributed by atoms with E-state index in [4.69, 9.17) is 10.5 Å². The predicted octanol–water partition coefficient (Wildman–Crippen LogP) is 2.61. The Balaban J connectivity index is 1.85. The number of amides is 1. The number of methoxy groups -OCH3 is 1. The molecule has 8 heteroatoms. The largest absolute Gasteiger partial charge is 0.383 e. The molecule has 3 aromatic carbocycles. The topological polar surface area (TPSA) is 110 Å². The first kappa shape index (κ1) is 22.0. The molecule has 0 fully saturated rings. The van der Waals surface area contributed by atoms with Crippen LogP contribution >= 0.6 is 0 Å². The molecule has 8 nitrogen and oxygen atoms in total. The van der Waals surface area contributed by atoms with E-state index >= 15 is 0 Å². The number of aromatic amines is 1. The van der Waals surface area contributed by atoms with Crippen molar-refractivity contribution in [1.82, 2.24) is 9.55 Å². The molecule has 0 aliphatic rings. The van der Waals surface area contributed by atoms with Crippen molar-refractivity contribution in [2.24, 2.45) is 0 Å². The van der Waals surface area contributed by atoms with Gasteiger partial charge in [0.2, 0.25) is 0 Å². The van der Waals surface area contributed by atoms with E-state index < -0.39 is 17.2 Å². The van der Waals surface area contributed by atoms with Crippen LogP contribution in [0, 0.1) is 0 Å². The number of anilines is 2. The molecule has 1 heterocycles. The van der Waals surface area contributed by atoms with Gasteiger partial charge in [-0.05, 0) is 22.4 Å². The lowest BCUT2D eigenvalue weighted by atomic mass is 10.0.